The quantitative estimate of drug-likeness (QED) is 0.871. The first-order valence-electron chi connectivity index (χ1n) is 6.45. The summed E-state index contributed by atoms with van der Waals surface area (Å²) in [5, 5.41) is 3.00. The van der Waals surface area contributed by atoms with Crippen LogP contribution in [0.25, 0.3) is 0 Å². The van der Waals surface area contributed by atoms with Crippen LogP contribution in [0.2, 0.25) is 0 Å². The molecule has 0 radical (unpaired) electrons. The zero-order chi connectivity index (χ0) is 14.1. The van der Waals surface area contributed by atoms with Gasteiger partial charge in [-0.05, 0) is 42.7 Å². The van der Waals surface area contributed by atoms with Gasteiger partial charge in [0.15, 0.2) is 0 Å². The SMILES string of the molecule is Cc1ccc(Br)cc1NC(=O)C1Cc2ccccc2S1. The van der Waals surface area contributed by atoms with Gasteiger partial charge in [-0.1, -0.05) is 40.2 Å². The molecule has 2 aromatic rings. The van der Waals surface area contributed by atoms with E-state index in [1.54, 1.807) is 11.8 Å². The third kappa shape index (κ3) is 2.76. The second kappa shape index (κ2) is 5.62. The number of carbonyl (C=O) groups is 1. The fourth-order valence-corrected chi connectivity index (χ4v) is 3.83. The van der Waals surface area contributed by atoms with Gasteiger partial charge in [-0.3, -0.25) is 4.79 Å². The predicted molar refractivity (Wildman–Crippen MR) is 87.3 cm³/mol. The molecule has 1 unspecified atom stereocenters. The topological polar surface area (TPSA) is 29.1 Å². The first-order chi connectivity index (χ1) is 9.63. The molecule has 0 aromatic heterocycles. The Morgan fingerprint density at radius 3 is 2.90 bits per heavy atom. The Kier molecular flexibility index (Phi) is 3.85. The van der Waals surface area contributed by atoms with E-state index in [9.17, 15) is 4.79 Å². The van der Waals surface area contributed by atoms with Crippen LogP contribution in [0.1, 0.15) is 11.1 Å². The fraction of sp³-hybridized carbons (Fsp3) is 0.188. The van der Waals surface area contributed by atoms with Crippen LogP contribution in [0.4, 0.5) is 5.69 Å². The van der Waals surface area contributed by atoms with Crippen LogP contribution in [0, 0.1) is 6.92 Å². The third-order valence-electron chi connectivity index (χ3n) is 3.40. The molecular weight excluding hydrogens is 334 g/mol. The van der Waals surface area contributed by atoms with Crippen molar-refractivity contribution in [2.24, 2.45) is 0 Å². The Hall–Kier alpha value is -1.26. The highest BCUT2D eigenvalue weighted by atomic mass is 79.9. The van der Waals surface area contributed by atoms with Gasteiger partial charge in [0.05, 0.1) is 5.25 Å². The summed E-state index contributed by atoms with van der Waals surface area (Å²) in [4.78, 5) is 13.6. The molecule has 0 saturated heterocycles. The average Bonchev–Trinajstić information content (AvgIpc) is 2.87. The summed E-state index contributed by atoms with van der Waals surface area (Å²) in [6, 6.07) is 14.1. The number of hydrogen-bond donors (Lipinski definition) is 1. The minimum Gasteiger partial charge on any atom is -0.325 e. The second-order valence-electron chi connectivity index (χ2n) is 4.87. The maximum Gasteiger partial charge on any atom is 0.238 e. The van der Waals surface area contributed by atoms with Crippen molar-refractivity contribution >= 4 is 39.3 Å². The molecule has 0 spiro atoms. The van der Waals surface area contributed by atoms with Gasteiger partial charge < -0.3 is 5.32 Å². The van der Waals surface area contributed by atoms with Crippen LogP contribution in [-0.2, 0) is 11.2 Å². The molecule has 1 N–H and O–H groups in total. The maximum atomic E-state index is 12.4. The van der Waals surface area contributed by atoms with Gasteiger partial charge in [-0.2, -0.15) is 0 Å². The van der Waals surface area contributed by atoms with Crippen molar-refractivity contribution in [2.75, 3.05) is 5.32 Å². The Morgan fingerprint density at radius 2 is 2.10 bits per heavy atom. The molecule has 1 atom stereocenters. The van der Waals surface area contributed by atoms with Crippen molar-refractivity contribution in [3.05, 3.63) is 58.1 Å². The number of carbonyl (C=O) groups excluding carboxylic acids is 1. The van der Waals surface area contributed by atoms with Gasteiger partial charge in [-0.25, -0.2) is 0 Å². The van der Waals surface area contributed by atoms with Crippen molar-refractivity contribution < 1.29 is 4.79 Å². The minimum absolute atomic E-state index is 0.0363. The highest BCUT2D eigenvalue weighted by Crippen LogP contribution is 2.37. The molecule has 3 rings (SSSR count). The van der Waals surface area contributed by atoms with Crippen LogP contribution < -0.4 is 5.32 Å². The van der Waals surface area contributed by atoms with Gasteiger partial charge in [0.25, 0.3) is 0 Å². The number of nitrogens with one attached hydrogen (secondary N) is 1. The van der Waals surface area contributed by atoms with E-state index in [4.69, 9.17) is 0 Å². The van der Waals surface area contributed by atoms with Gasteiger partial charge >= 0.3 is 0 Å². The number of aryl methyl sites for hydroxylation is 1. The number of thioether (sulfide) groups is 1. The molecule has 0 bridgehead atoms. The van der Waals surface area contributed by atoms with Gasteiger partial charge in [0, 0.05) is 15.1 Å². The Balaban J connectivity index is 1.74. The van der Waals surface area contributed by atoms with Crippen molar-refractivity contribution in [1.29, 1.82) is 0 Å². The molecule has 1 heterocycles. The number of amides is 1. The summed E-state index contributed by atoms with van der Waals surface area (Å²) < 4.78 is 0.973. The summed E-state index contributed by atoms with van der Waals surface area (Å²) in [7, 11) is 0. The first kappa shape index (κ1) is 13.7. The van der Waals surface area contributed by atoms with Gasteiger partial charge in [0.2, 0.25) is 5.91 Å². The number of benzene rings is 2. The van der Waals surface area contributed by atoms with E-state index in [2.05, 4.69) is 33.4 Å². The van der Waals surface area contributed by atoms with Crippen molar-refractivity contribution in [3.63, 3.8) is 0 Å². The maximum absolute atomic E-state index is 12.4. The molecule has 1 amide bonds. The van der Waals surface area contributed by atoms with E-state index in [1.807, 2.05) is 37.3 Å². The summed E-state index contributed by atoms with van der Waals surface area (Å²) in [5.74, 6) is 0.0763. The van der Waals surface area contributed by atoms with Crippen LogP contribution in [-0.4, -0.2) is 11.2 Å². The molecule has 0 aliphatic carbocycles. The van der Waals surface area contributed by atoms with Crippen LogP contribution >= 0.6 is 27.7 Å². The largest absolute Gasteiger partial charge is 0.325 e. The van der Waals surface area contributed by atoms with E-state index in [0.29, 0.717) is 0 Å². The molecule has 0 saturated carbocycles. The Labute approximate surface area is 131 Å². The Morgan fingerprint density at radius 1 is 1.30 bits per heavy atom. The number of halogens is 1. The summed E-state index contributed by atoms with van der Waals surface area (Å²) >= 11 is 5.09. The van der Waals surface area contributed by atoms with Crippen LogP contribution in [0.3, 0.4) is 0 Å². The normalized spacial score (nSPS) is 16.8. The van der Waals surface area contributed by atoms with E-state index in [1.165, 1.54) is 10.5 Å². The number of hydrogen-bond acceptors (Lipinski definition) is 2. The summed E-state index contributed by atoms with van der Waals surface area (Å²) in [5.41, 5.74) is 3.21. The molecule has 0 fully saturated rings. The Bertz CT molecular complexity index is 646. The van der Waals surface area contributed by atoms with Crippen molar-refractivity contribution in [2.45, 2.75) is 23.5 Å². The zero-order valence-electron chi connectivity index (χ0n) is 11.0. The molecule has 20 heavy (non-hydrogen) atoms. The lowest BCUT2D eigenvalue weighted by molar-refractivity contribution is -0.115. The van der Waals surface area contributed by atoms with E-state index in [0.717, 1.165) is 22.1 Å². The lowest BCUT2D eigenvalue weighted by atomic mass is 10.1. The molecule has 1 aliphatic rings. The third-order valence-corrected chi connectivity index (χ3v) is 5.21. The molecule has 2 nitrogen and oxygen atoms in total. The first-order valence-corrected chi connectivity index (χ1v) is 8.12. The number of anilines is 1. The smallest absolute Gasteiger partial charge is 0.238 e. The second-order valence-corrected chi connectivity index (χ2v) is 7.03. The average molecular weight is 348 g/mol. The fourth-order valence-electron chi connectivity index (χ4n) is 2.27. The molecule has 102 valence electrons. The van der Waals surface area contributed by atoms with Crippen molar-refractivity contribution in [3.8, 4) is 0 Å². The molecule has 1 aliphatic heterocycles. The van der Waals surface area contributed by atoms with E-state index < -0.39 is 0 Å². The predicted octanol–water partition coefficient (Wildman–Crippen LogP) is 4.41. The number of fused-ring (bicyclic) bond motifs is 1. The van der Waals surface area contributed by atoms with Crippen molar-refractivity contribution in [1.82, 2.24) is 0 Å². The van der Waals surface area contributed by atoms with E-state index >= 15 is 0 Å². The standard InChI is InChI=1S/C16H14BrNOS/c1-10-6-7-12(17)9-13(10)18-16(19)15-8-11-4-2-3-5-14(11)20-15/h2-7,9,15H,8H2,1H3,(H,18,19). The zero-order valence-corrected chi connectivity index (χ0v) is 13.4. The van der Waals surface area contributed by atoms with Crippen LogP contribution in [0.15, 0.2) is 51.8 Å². The monoisotopic (exact) mass is 347 g/mol. The van der Waals surface area contributed by atoms with Gasteiger partial charge in [-0.15, -0.1) is 11.8 Å². The lowest BCUT2D eigenvalue weighted by Crippen LogP contribution is -2.25. The molecule has 4 heteroatoms. The van der Waals surface area contributed by atoms with E-state index in [-0.39, 0.29) is 11.2 Å². The minimum atomic E-state index is -0.0363. The van der Waals surface area contributed by atoms with Crippen LogP contribution in [0.5, 0.6) is 0 Å². The molecular formula is C16H14BrNOS. The number of rotatable bonds is 2. The summed E-state index contributed by atoms with van der Waals surface area (Å²) in [6.45, 7) is 2.00. The lowest BCUT2D eigenvalue weighted by Gasteiger charge is -2.12. The molecule has 2 aromatic carbocycles. The summed E-state index contributed by atoms with van der Waals surface area (Å²) in [6.07, 6.45) is 0.805. The van der Waals surface area contributed by atoms with Gasteiger partial charge in [0.1, 0.15) is 0 Å². The highest BCUT2D eigenvalue weighted by molar-refractivity contribution is 9.10. The highest BCUT2D eigenvalue weighted by Gasteiger charge is 2.28.